The molecule has 0 radical (unpaired) electrons. The molecule has 4 heteroatoms. The van der Waals surface area contributed by atoms with E-state index in [1.54, 1.807) is 0 Å². The third-order valence-corrected chi connectivity index (χ3v) is 3.58. The van der Waals surface area contributed by atoms with E-state index in [9.17, 15) is 4.79 Å². The molecule has 0 saturated carbocycles. The SMILES string of the molecule is Cn1cc(C(C)(C)CC(=O)O)c2cccc(Cl)c21. The Balaban J connectivity index is 2.66. The summed E-state index contributed by atoms with van der Waals surface area (Å²) in [7, 11) is 1.93. The fourth-order valence-electron chi connectivity index (χ4n) is 2.43. The van der Waals surface area contributed by atoms with E-state index in [-0.39, 0.29) is 6.42 Å². The number of carbonyl (C=O) groups is 1. The first kappa shape index (κ1) is 13.0. The predicted octanol–water partition coefficient (Wildman–Crippen LogP) is 3.58. The second-order valence-electron chi connectivity index (χ2n) is 5.24. The molecule has 0 saturated heterocycles. The van der Waals surface area contributed by atoms with E-state index in [0.717, 1.165) is 16.5 Å². The Bertz CT molecular complexity index is 614. The van der Waals surface area contributed by atoms with Gasteiger partial charge in [-0.05, 0) is 11.6 Å². The highest BCUT2D eigenvalue weighted by Crippen LogP contribution is 2.36. The van der Waals surface area contributed by atoms with Crippen molar-refractivity contribution in [1.82, 2.24) is 4.57 Å². The lowest BCUT2D eigenvalue weighted by Gasteiger charge is -2.22. The number of aryl methyl sites for hydroxylation is 1. The van der Waals surface area contributed by atoms with E-state index in [2.05, 4.69) is 0 Å². The molecule has 2 rings (SSSR count). The number of carboxylic acid groups (broad SMARTS) is 1. The van der Waals surface area contributed by atoms with Crippen LogP contribution in [-0.4, -0.2) is 15.6 Å². The molecule has 0 atom stereocenters. The summed E-state index contributed by atoms with van der Waals surface area (Å²) in [5.41, 5.74) is 1.55. The Hall–Kier alpha value is -1.48. The van der Waals surface area contributed by atoms with Crippen molar-refractivity contribution in [3.63, 3.8) is 0 Å². The molecule has 0 amide bonds. The summed E-state index contributed by atoms with van der Waals surface area (Å²) in [5, 5.41) is 10.7. The molecule has 0 bridgehead atoms. The third kappa shape index (κ3) is 2.10. The molecule has 0 aliphatic carbocycles. The molecule has 0 aliphatic rings. The number of benzene rings is 1. The first-order valence-electron chi connectivity index (χ1n) is 5.79. The molecule has 1 aromatic carbocycles. The maximum absolute atomic E-state index is 11.0. The van der Waals surface area contributed by atoms with E-state index in [1.165, 1.54) is 0 Å². The van der Waals surface area contributed by atoms with Crippen molar-refractivity contribution in [1.29, 1.82) is 0 Å². The molecule has 1 heterocycles. The third-order valence-electron chi connectivity index (χ3n) is 3.27. The molecule has 0 fully saturated rings. The number of aromatic nitrogens is 1. The number of rotatable bonds is 3. The Morgan fingerprint density at radius 3 is 2.72 bits per heavy atom. The van der Waals surface area contributed by atoms with Crippen LogP contribution in [0.15, 0.2) is 24.4 Å². The van der Waals surface area contributed by atoms with Crippen LogP contribution in [0.3, 0.4) is 0 Å². The standard InChI is InChI=1S/C14H16ClNO2/c1-14(2,7-12(17)18)10-8-16(3)13-9(10)5-4-6-11(13)15/h4-6,8H,7H2,1-3H3,(H,17,18). The van der Waals surface area contributed by atoms with Crippen LogP contribution in [0.4, 0.5) is 0 Å². The first-order chi connectivity index (χ1) is 8.33. The molecule has 1 N–H and O–H groups in total. The summed E-state index contributed by atoms with van der Waals surface area (Å²) in [6.45, 7) is 3.88. The van der Waals surface area contributed by atoms with Crippen molar-refractivity contribution in [3.05, 3.63) is 35.0 Å². The second kappa shape index (κ2) is 4.32. The van der Waals surface area contributed by atoms with Crippen LogP contribution in [0.2, 0.25) is 5.02 Å². The van der Waals surface area contributed by atoms with Gasteiger partial charge in [0.05, 0.1) is 17.0 Å². The van der Waals surface area contributed by atoms with Crippen LogP contribution >= 0.6 is 11.6 Å². The lowest BCUT2D eigenvalue weighted by atomic mass is 9.81. The van der Waals surface area contributed by atoms with Gasteiger partial charge in [0, 0.05) is 24.0 Å². The summed E-state index contributed by atoms with van der Waals surface area (Å²) >= 11 is 6.19. The van der Waals surface area contributed by atoms with E-state index in [4.69, 9.17) is 16.7 Å². The van der Waals surface area contributed by atoms with Gasteiger partial charge in [-0.15, -0.1) is 0 Å². The minimum absolute atomic E-state index is 0.0959. The van der Waals surface area contributed by atoms with Crippen molar-refractivity contribution in [2.45, 2.75) is 25.7 Å². The second-order valence-corrected chi connectivity index (χ2v) is 5.65. The van der Waals surface area contributed by atoms with Crippen molar-refractivity contribution in [2.24, 2.45) is 7.05 Å². The smallest absolute Gasteiger partial charge is 0.304 e. The van der Waals surface area contributed by atoms with Crippen LogP contribution in [0, 0.1) is 0 Å². The molecule has 18 heavy (non-hydrogen) atoms. The monoisotopic (exact) mass is 265 g/mol. The van der Waals surface area contributed by atoms with Crippen molar-refractivity contribution in [3.8, 4) is 0 Å². The van der Waals surface area contributed by atoms with Gasteiger partial charge in [-0.25, -0.2) is 0 Å². The zero-order valence-electron chi connectivity index (χ0n) is 10.7. The molecule has 3 nitrogen and oxygen atoms in total. The summed E-state index contributed by atoms with van der Waals surface area (Å²) < 4.78 is 1.95. The summed E-state index contributed by atoms with van der Waals surface area (Å²) in [6.07, 6.45) is 2.07. The molecule has 2 aromatic rings. The Morgan fingerprint density at radius 1 is 1.44 bits per heavy atom. The number of hydrogen-bond donors (Lipinski definition) is 1. The van der Waals surface area contributed by atoms with Gasteiger partial charge in [0.2, 0.25) is 0 Å². The minimum atomic E-state index is -0.793. The van der Waals surface area contributed by atoms with E-state index < -0.39 is 11.4 Å². The number of para-hydroxylation sites is 1. The van der Waals surface area contributed by atoms with Crippen LogP contribution in [-0.2, 0) is 17.3 Å². The molecular weight excluding hydrogens is 250 g/mol. The Kier molecular flexibility index (Phi) is 3.11. The summed E-state index contributed by atoms with van der Waals surface area (Å²) in [6, 6.07) is 5.73. The predicted molar refractivity (Wildman–Crippen MR) is 73.2 cm³/mol. The molecule has 0 unspecified atom stereocenters. The Morgan fingerprint density at radius 2 is 2.11 bits per heavy atom. The number of nitrogens with zero attached hydrogens (tertiary/aromatic N) is 1. The zero-order chi connectivity index (χ0) is 13.5. The zero-order valence-corrected chi connectivity index (χ0v) is 11.5. The average Bonchev–Trinajstić information content (AvgIpc) is 2.56. The Labute approximate surface area is 111 Å². The first-order valence-corrected chi connectivity index (χ1v) is 6.16. The lowest BCUT2D eigenvalue weighted by molar-refractivity contribution is -0.138. The van der Waals surface area contributed by atoms with E-state index in [0.29, 0.717) is 5.02 Å². The minimum Gasteiger partial charge on any atom is -0.481 e. The maximum atomic E-state index is 11.0. The van der Waals surface area contributed by atoms with E-state index >= 15 is 0 Å². The van der Waals surface area contributed by atoms with Gasteiger partial charge in [0.15, 0.2) is 0 Å². The van der Waals surface area contributed by atoms with Crippen molar-refractivity contribution < 1.29 is 9.90 Å². The highest BCUT2D eigenvalue weighted by molar-refractivity contribution is 6.35. The van der Waals surface area contributed by atoms with Gasteiger partial charge in [0.25, 0.3) is 0 Å². The van der Waals surface area contributed by atoms with Gasteiger partial charge in [-0.3, -0.25) is 4.79 Å². The van der Waals surface area contributed by atoms with E-state index in [1.807, 2.05) is 49.9 Å². The number of aliphatic carboxylic acids is 1. The van der Waals surface area contributed by atoms with Gasteiger partial charge in [0.1, 0.15) is 0 Å². The topological polar surface area (TPSA) is 42.2 Å². The number of halogens is 1. The summed E-state index contributed by atoms with van der Waals surface area (Å²) in [4.78, 5) is 11.0. The van der Waals surface area contributed by atoms with Gasteiger partial charge >= 0.3 is 5.97 Å². The fraction of sp³-hybridized carbons (Fsp3) is 0.357. The quantitative estimate of drug-likeness (QED) is 0.922. The number of hydrogen-bond acceptors (Lipinski definition) is 1. The molecular formula is C14H16ClNO2. The molecule has 0 spiro atoms. The van der Waals surface area contributed by atoms with Gasteiger partial charge in [-0.1, -0.05) is 37.6 Å². The van der Waals surface area contributed by atoms with Crippen LogP contribution in [0.1, 0.15) is 25.8 Å². The molecule has 1 aromatic heterocycles. The van der Waals surface area contributed by atoms with Crippen LogP contribution in [0.25, 0.3) is 10.9 Å². The van der Waals surface area contributed by atoms with Crippen molar-refractivity contribution >= 4 is 28.5 Å². The number of fused-ring (bicyclic) bond motifs is 1. The van der Waals surface area contributed by atoms with Gasteiger partial charge in [-0.2, -0.15) is 0 Å². The molecule has 96 valence electrons. The average molecular weight is 266 g/mol. The van der Waals surface area contributed by atoms with Crippen LogP contribution < -0.4 is 0 Å². The van der Waals surface area contributed by atoms with Gasteiger partial charge < -0.3 is 9.67 Å². The number of carboxylic acids is 1. The fourth-order valence-corrected chi connectivity index (χ4v) is 2.74. The maximum Gasteiger partial charge on any atom is 0.304 e. The van der Waals surface area contributed by atoms with Crippen LogP contribution in [0.5, 0.6) is 0 Å². The normalized spacial score (nSPS) is 12.0. The highest BCUT2D eigenvalue weighted by atomic mass is 35.5. The lowest BCUT2D eigenvalue weighted by Crippen LogP contribution is -2.21. The van der Waals surface area contributed by atoms with Crippen molar-refractivity contribution in [2.75, 3.05) is 0 Å². The largest absolute Gasteiger partial charge is 0.481 e. The molecule has 0 aliphatic heterocycles. The summed E-state index contributed by atoms with van der Waals surface area (Å²) in [5.74, 6) is -0.793. The highest BCUT2D eigenvalue weighted by Gasteiger charge is 2.28.